The van der Waals surface area contributed by atoms with Crippen LogP contribution in [0.4, 0.5) is 11.4 Å². The summed E-state index contributed by atoms with van der Waals surface area (Å²) in [6, 6.07) is 13.5. The van der Waals surface area contributed by atoms with Crippen molar-refractivity contribution >= 4 is 23.2 Å². The summed E-state index contributed by atoms with van der Waals surface area (Å²) in [6.07, 6.45) is 3.19. The van der Waals surface area contributed by atoms with Crippen LogP contribution in [0.3, 0.4) is 0 Å². The normalized spacial score (nSPS) is 14.0. The SMILES string of the molecule is CCc1cccc(CC)c1NC(=O)c1cccc(N2CCCC2=O)c1. The zero-order chi connectivity index (χ0) is 17.8. The van der Waals surface area contributed by atoms with Crippen LogP contribution in [0.1, 0.15) is 48.2 Å². The van der Waals surface area contributed by atoms with Gasteiger partial charge in [-0.05, 0) is 48.6 Å². The summed E-state index contributed by atoms with van der Waals surface area (Å²) in [5.41, 5.74) is 4.57. The minimum absolute atomic E-state index is 0.127. The standard InChI is InChI=1S/C21H24N2O2/c1-3-15-8-5-9-16(4-2)20(15)22-21(25)17-10-6-11-18(14-17)23-13-7-12-19(23)24/h5-6,8-11,14H,3-4,7,12-13H2,1-2H3,(H,22,25). The molecule has 2 amide bonds. The number of amides is 2. The maximum absolute atomic E-state index is 12.8. The molecule has 4 heteroatoms. The Morgan fingerprint density at radius 3 is 2.36 bits per heavy atom. The highest BCUT2D eigenvalue weighted by atomic mass is 16.2. The van der Waals surface area contributed by atoms with Crippen molar-refractivity contribution in [2.24, 2.45) is 0 Å². The fourth-order valence-electron chi connectivity index (χ4n) is 3.33. The van der Waals surface area contributed by atoms with E-state index in [4.69, 9.17) is 0 Å². The smallest absolute Gasteiger partial charge is 0.255 e. The molecule has 4 nitrogen and oxygen atoms in total. The molecule has 1 aliphatic heterocycles. The van der Waals surface area contributed by atoms with Gasteiger partial charge in [0.2, 0.25) is 5.91 Å². The van der Waals surface area contributed by atoms with E-state index in [-0.39, 0.29) is 11.8 Å². The number of rotatable bonds is 5. The molecule has 1 heterocycles. The van der Waals surface area contributed by atoms with Gasteiger partial charge < -0.3 is 10.2 Å². The minimum Gasteiger partial charge on any atom is -0.321 e. The first kappa shape index (κ1) is 17.2. The van der Waals surface area contributed by atoms with E-state index in [1.165, 1.54) is 0 Å². The van der Waals surface area contributed by atoms with Gasteiger partial charge in [0.1, 0.15) is 0 Å². The molecule has 0 atom stereocenters. The average molecular weight is 336 g/mol. The van der Waals surface area contributed by atoms with Crippen LogP contribution < -0.4 is 10.2 Å². The highest BCUT2D eigenvalue weighted by Crippen LogP contribution is 2.25. The minimum atomic E-state index is -0.135. The molecule has 2 aromatic rings. The van der Waals surface area contributed by atoms with Crippen LogP contribution in [-0.4, -0.2) is 18.4 Å². The number of nitrogens with one attached hydrogen (secondary N) is 1. The number of carbonyl (C=O) groups excluding carboxylic acids is 2. The van der Waals surface area contributed by atoms with E-state index in [1.807, 2.05) is 30.3 Å². The molecule has 0 bridgehead atoms. The Kier molecular flexibility index (Phi) is 5.17. The maximum Gasteiger partial charge on any atom is 0.255 e. The van der Waals surface area contributed by atoms with Crippen molar-refractivity contribution in [1.82, 2.24) is 0 Å². The Balaban J connectivity index is 1.86. The third-order valence-corrected chi connectivity index (χ3v) is 4.73. The fourth-order valence-corrected chi connectivity index (χ4v) is 3.33. The summed E-state index contributed by atoms with van der Waals surface area (Å²) in [5, 5.41) is 3.08. The molecule has 1 saturated heterocycles. The predicted molar refractivity (Wildman–Crippen MR) is 101 cm³/mol. The molecular weight excluding hydrogens is 312 g/mol. The Labute approximate surface area is 148 Å². The molecule has 0 spiro atoms. The molecule has 25 heavy (non-hydrogen) atoms. The van der Waals surface area contributed by atoms with Crippen molar-refractivity contribution in [3.8, 4) is 0 Å². The number of para-hydroxylation sites is 1. The van der Waals surface area contributed by atoms with Gasteiger partial charge in [-0.25, -0.2) is 0 Å². The summed E-state index contributed by atoms with van der Waals surface area (Å²) in [4.78, 5) is 26.5. The zero-order valence-corrected chi connectivity index (χ0v) is 14.8. The lowest BCUT2D eigenvalue weighted by molar-refractivity contribution is -0.117. The molecule has 3 rings (SSSR count). The van der Waals surface area contributed by atoms with E-state index in [2.05, 4.69) is 19.2 Å². The zero-order valence-electron chi connectivity index (χ0n) is 14.8. The highest BCUT2D eigenvalue weighted by molar-refractivity contribution is 6.06. The number of hydrogen-bond donors (Lipinski definition) is 1. The molecule has 0 unspecified atom stereocenters. The van der Waals surface area contributed by atoms with Gasteiger partial charge in [-0.1, -0.05) is 38.1 Å². The van der Waals surface area contributed by atoms with Crippen LogP contribution in [-0.2, 0) is 17.6 Å². The number of aryl methyl sites for hydroxylation is 2. The van der Waals surface area contributed by atoms with Crippen LogP contribution in [0, 0.1) is 0 Å². The van der Waals surface area contributed by atoms with E-state index in [9.17, 15) is 9.59 Å². The van der Waals surface area contributed by atoms with Gasteiger partial charge in [-0.2, -0.15) is 0 Å². The van der Waals surface area contributed by atoms with Gasteiger partial charge in [0.15, 0.2) is 0 Å². The van der Waals surface area contributed by atoms with E-state index in [0.717, 1.165) is 48.3 Å². The van der Waals surface area contributed by atoms with Gasteiger partial charge in [0.05, 0.1) is 0 Å². The van der Waals surface area contributed by atoms with Gasteiger partial charge in [0, 0.05) is 29.9 Å². The molecular formula is C21H24N2O2. The molecule has 0 radical (unpaired) electrons. The van der Waals surface area contributed by atoms with E-state index < -0.39 is 0 Å². The van der Waals surface area contributed by atoms with Crippen molar-refractivity contribution in [3.05, 3.63) is 59.2 Å². The van der Waals surface area contributed by atoms with Gasteiger partial charge >= 0.3 is 0 Å². The number of nitrogens with zero attached hydrogens (tertiary/aromatic N) is 1. The molecule has 1 fully saturated rings. The summed E-state index contributed by atoms with van der Waals surface area (Å²) in [7, 11) is 0. The predicted octanol–water partition coefficient (Wildman–Crippen LogP) is 4.19. The van der Waals surface area contributed by atoms with E-state index in [1.54, 1.807) is 17.0 Å². The summed E-state index contributed by atoms with van der Waals surface area (Å²) < 4.78 is 0. The summed E-state index contributed by atoms with van der Waals surface area (Å²) >= 11 is 0. The quantitative estimate of drug-likeness (QED) is 0.890. The highest BCUT2D eigenvalue weighted by Gasteiger charge is 2.22. The second kappa shape index (κ2) is 7.51. The number of hydrogen-bond acceptors (Lipinski definition) is 2. The molecule has 2 aromatic carbocycles. The Bertz CT molecular complexity index is 776. The van der Waals surface area contributed by atoms with Crippen molar-refractivity contribution < 1.29 is 9.59 Å². The van der Waals surface area contributed by atoms with Crippen LogP contribution >= 0.6 is 0 Å². The molecule has 1 N–H and O–H groups in total. The molecule has 0 saturated carbocycles. The Morgan fingerprint density at radius 1 is 1.08 bits per heavy atom. The lowest BCUT2D eigenvalue weighted by Crippen LogP contribution is -2.24. The number of anilines is 2. The first-order valence-electron chi connectivity index (χ1n) is 8.96. The van der Waals surface area contributed by atoms with Crippen molar-refractivity contribution in [2.75, 3.05) is 16.8 Å². The van der Waals surface area contributed by atoms with Gasteiger partial charge in [-0.3, -0.25) is 9.59 Å². The van der Waals surface area contributed by atoms with Crippen LogP contribution in [0.5, 0.6) is 0 Å². The van der Waals surface area contributed by atoms with Crippen molar-refractivity contribution in [3.63, 3.8) is 0 Å². The van der Waals surface area contributed by atoms with Gasteiger partial charge in [-0.15, -0.1) is 0 Å². The Hall–Kier alpha value is -2.62. The van der Waals surface area contributed by atoms with Crippen LogP contribution in [0.25, 0.3) is 0 Å². The maximum atomic E-state index is 12.8. The lowest BCUT2D eigenvalue weighted by Gasteiger charge is -2.17. The number of benzene rings is 2. The second-order valence-electron chi connectivity index (χ2n) is 6.31. The van der Waals surface area contributed by atoms with E-state index >= 15 is 0 Å². The molecule has 0 aromatic heterocycles. The molecule has 0 aliphatic carbocycles. The van der Waals surface area contributed by atoms with Crippen LogP contribution in [0.15, 0.2) is 42.5 Å². The number of carbonyl (C=O) groups is 2. The monoisotopic (exact) mass is 336 g/mol. The van der Waals surface area contributed by atoms with Crippen molar-refractivity contribution in [2.45, 2.75) is 39.5 Å². The van der Waals surface area contributed by atoms with Gasteiger partial charge in [0.25, 0.3) is 5.91 Å². The summed E-state index contributed by atoms with van der Waals surface area (Å²) in [5.74, 6) is -0.00810. The lowest BCUT2D eigenvalue weighted by atomic mass is 10.0. The Morgan fingerprint density at radius 2 is 1.76 bits per heavy atom. The third kappa shape index (κ3) is 3.58. The van der Waals surface area contributed by atoms with Crippen molar-refractivity contribution in [1.29, 1.82) is 0 Å². The largest absolute Gasteiger partial charge is 0.321 e. The summed E-state index contributed by atoms with van der Waals surface area (Å²) in [6.45, 7) is 4.90. The average Bonchev–Trinajstić information content (AvgIpc) is 3.08. The second-order valence-corrected chi connectivity index (χ2v) is 6.31. The third-order valence-electron chi connectivity index (χ3n) is 4.73. The van der Waals surface area contributed by atoms with E-state index in [0.29, 0.717) is 12.0 Å². The van der Waals surface area contributed by atoms with Crippen LogP contribution in [0.2, 0.25) is 0 Å². The topological polar surface area (TPSA) is 49.4 Å². The molecule has 1 aliphatic rings. The fraction of sp³-hybridized carbons (Fsp3) is 0.333. The first-order valence-corrected chi connectivity index (χ1v) is 8.96. The molecule has 130 valence electrons. The first-order chi connectivity index (χ1) is 12.1.